The van der Waals surface area contributed by atoms with Crippen molar-refractivity contribution >= 4 is 34.9 Å². The first-order valence-corrected chi connectivity index (χ1v) is 8.69. The zero-order valence-electron chi connectivity index (χ0n) is 14.6. The maximum Gasteiger partial charge on any atom is 0.341 e. The number of carbonyl (C=O) groups is 3. The lowest BCUT2D eigenvalue weighted by Gasteiger charge is -2.07. The summed E-state index contributed by atoms with van der Waals surface area (Å²) >= 11 is 5.82. The second-order valence-corrected chi connectivity index (χ2v) is 6.10. The summed E-state index contributed by atoms with van der Waals surface area (Å²) in [6.45, 7) is -0.431. The number of esters is 1. The van der Waals surface area contributed by atoms with Crippen LogP contribution >= 0.6 is 11.6 Å². The van der Waals surface area contributed by atoms with E-state index in [-0.39, 0.29) is 22.4 Å². The molecule has 140 valence electrons. The quantitative estimate of drug-likeness (QED) is 0.387. The van der Waals surface area contributed by atoms with E-state index in [2.05, 4.69) is 10.3 Å². The van der Waals surface area contributed by atoms with Gasteiger partial charge in [-0.3, -0.25) is 9.59 Å². The number of anilines is 1. The molecule has 0 radical (unpaired) electrons. The van der Waals surface area contributed by atoms with Gasteiger partial charge in [-0.15, -0.1) is 0 Å². The average Bonchev–Trinajstić information content (AvgIpc) is 2.73. The third-order valence-corrected chi connectivity index (χ3v) is 4.12. The number of benzene rings is 2. The third-order valence-electron chi connectivity index (χ3n) is 3.81. The van der Waals surface area contributed by atoms with Crippen molar-refractivity contribution in [3.05, 3.63) is 94.8 Å². The van der Waals surface area contributed by atoms with Crippen molar-refractivity contribution in [2.45, 2.75) is 0 Å². The van der Waals surface area contributed by atoms with E-state index in [9.17, 15) is 14.4 Å². The van der Waals surface area contributed by atoms with E-state index in [0.29, 0.717) is 16.8 Å². The Hall–Kier alpha value is -3.51. The molecule has 0 saturated heterocycles. The fraction of sp³-hybridized carbons (Fsp3) is 0.0476. The van der Waals surface area contributed by atoms with E-state index < -0.39 is 12.6 Å². The van der Waals surface area contributed by atoms with Crippen LogP contribution in [0.3, 0.4) is 0 Å². The molecule has 0 bridgehead atoms. The average molecular weight is 395 g/mol. The smallest absolute Gasteiger partial charge is 0.341 e. The summed E-state index contributed by atoms with van der Waals surface area (Å²) in [6.07, 6.45) is 1.45. The number of ketones is 1. The predicted octanol–water partition coefficient (Wildman–Crippen LogP) is 4.03. The number of rotatable bonds is 6. The summed E-state index contributed by atoms with van der Waals surface area (Å²) in [5.41, 5.74) is 1.52. The molecule has 7 heteroatoms. The summed E-state index contributed by atoms with van der Waals surface area (Å²) in [7, 11) is 0. The predicted molar refractivity (Wildman–Crippen MR) is 105 cm³/mol. The lowest BCUT2D eigenvalue weighted by Crippen LogP contribution is -2.15. The van der Waals surface area contributed by atoms with E-state index in [4.69, 9.17) is 16.3 Å². The van der Waals surface area contributed by atoms with E-state index in [1.165, 1.54) is 12.3 Å². The van der Waals surface area contributed by atoms with Crippen LogP contribution in [0, 0.1) is 0 Å². The van der Waals surface area contributed by atoms with E-state index in [1.54, 1.807) is 54.6 Å². The van der Waals surface area contributed by atoms with Gasteiger partial charge in [0, 0.05) is 23.0 Å². The number of carbonyl (C=O) groups excluding carboxylic acids is 3. The third kappa shape index (κ3) is 4.81. The molecule has 0 aliphatic carbocycles. The molecule has 0 aliphatic rings. The van der Waals surface area contributed by atoms with Gasteiger partial charge in [-0.05, 0) is 48.5 Å². The zero-order valence-corrected chi connectivity index (χ0v) is 15.3. The minimum Gasteiger partial charge on any atom is -0.454 e. The van der Waals surface area contributed by atoms with Crippen LogP contribution in [-0.2, 0) is 4.74 Å². The van der Waals surface area contributed by atoms with E-state index in [1.807, 2.05) is 6.07 Å². The Balaban J connectivity index is 1.57. The van der Waals surface area contributed by atoms with Gasteiger partial charge in [0.1, 0.15) is 5.15 Å². The molecule has 3 aromatic rings. The number of halogens is 1. The van der Waals surface area contributed by atoms with Crippen LogP contribution in [0.15, 0.2) is 72.9 Å². The van der Waals surface area contributed by atoms with Gasteiger partial charge < -0.3 is 10.1 Å². The van der Waals surface area contributed by atoms with Gasteiger partial charge in [0.15, 0.2) is 12.4 Å². The van der Waals surface area contributed by atoms with E-state index in [0.717, 1.165) is 0 Å². The highest BCUT2D eigenvalue weighted by atomic mass is 35.5. The van der Waals surface area contributed by atoms with Crippen LogP contribution in [0.5, 0.6) is 0 Å². The number of hydrogen-bond donors (Lipinski definition) is 1. The number of Topliss-reactive ketones (excluding diaryl/α,β-unsaturated/α-hetero) is 1. The standard InChI is InChI=1S/C21H15ClN2O4/c22-19-17(7-4-12-23-19)21(27)28-13-18(25)14-8-10-16(11-9-14)24-20(26)15-5-2-1-3-6-15/h1-12H,13H2,(H,24,26). The van der Waals surface area contributed by atoms with Gasteiger partial charge in [0.05, 0.1) is 5.56 Å². The second-order valence-electron chi connectivity index (χ2n) is 5.74. The van der Waals surface area contributed by atoms with Crippen LogP contribution in [0.1, 0.15) is 31.1 Å². The minimum atomic E-state index is -0.724. The van der Waals surface area contributed by atoms with Crippen molar-refractivity contribution in [2.24, 2.45) is 0 Å². The Kier molecular flexibility index (Phi) is 6.14. The van der Waals surface area contributed by atoms with Gasteiger partial charge in [-0.2, -0.15) is 0 Å². The second kappa shape index (κ2) is 8.92. The zero-order chi connectivity index (χ0) is 19.9. The lowest BCUT2D eigenvalue weighted by atomic mass is 10.1. The number of pyridine rings is 1. The maximum atomic E-state index is 12.2. The largest absolute Gasteiger partial charge is 0.454 e. The molecule has 28 heavy (non-hydrogen) atoms. The molecular weight excluding hydrogens is 380 g/mol. The normalized spacial score (nSPS) is 10.2. The molecule has 1 N–H and O–H groups in total. The molecule has 0 atom stereocenters. The highest BCUT2D eigenvalue weighted by molar-refractivity contribution is 6.32. The molecule has 0 spiro atoms. The number of hydrogen-bond acceptors (Lipinski definition) is 5. The summed E-state index contributed by atoms with van der Waals surface area (Å²) < 4.78 is 5.00. The number of aromatic nitrogens is 1. The van der Waals surface area contributed by atoms with Crippen molar-refractivity contribution in [3.63, 3.8) is 0 Å². The van der Waals surface area contributed by atoms with Crippen molar-refractivity contribution in [2.75, 3.05) is 11.9 Å². The molecule has 1 aromatic heterocycles. The number of nitrogens with one attached hydrogen (secondary N) is 1. The van der Waals surface area contributed by atoms with Crippen LogP contribution in [0.25, 0.3) is 0 Å². The topological polar surface area (TPSA) is 85.4 Å². The molecule has 0 unspecified atom stereocenters. The Morgan fingerprint density at radius 3 is 2.29 bits per heavy atom. The first-order valence-electron chi connectivity index (χ1n) is 8.32. The maximum absolute atomic E-state index is 12.2. The van der Waals surface area contributed by atoms with Crippen LogP contribution in [0.4, 0.5) is 5.69 Å². The van der Waals surface area contributed by atoms with Gasteiger partial charge in [-0.25, -0.2) is 9.78 Å². The first kappa shape index (κ1) is 19.3. The summed E-state index contributed by atoms with van der Waals surface area (Å²) in [5, 5.41) is 2.76. The molecular formula is C21H15ClN2O4. The van der Waals surface area contributed by atoms with E-state index >= 15 is 0 Å². The highest BCUT2D eigenvalue weighted by Gasteiger charge is 2.15. The highest BCUT2D eigenvalue weighted by Crippen LogP contribution is 2.14. The minimum absolute atomic E-state index is 0.0125. The molecule has 2 aromatic carbocycles. The van der Waals surface area contributed by atoms with Crippen molar-refractivity contribution in [1.82, 2.24) is 4.98 Å². The Morgan fingerprint density at radius 2 is 1.61 bits per heavy atom. The van der Waals surface area contributed by atoms with Gasteiger partial charge >= 0.3 is 5.97 Å². The van der Waals surface area contributed by atoms with Crippen LogP contribution < -0.4 is 5.32 Å². The molecule has 3 rings (SSSR count). The van der Waals surface area contributed by atoms with Crippen molar-refractivity contribution in [1.29, 1.82) is 0 Å². The number of nitrogens with zero attached hydrogens (tertiary/aromatic N) is 1. The molecule has 1 amide bonds. The molecule has 0 saturated carbocycles. The molecule has 0 fully saturated rings. The first-order chi connectivity index (χ1) is 13.5. The summed E-state index contributed by atoms with van der Waals surface area (Å²) in [4.78, 5) is 40.1. The van der Waals surface area contributed by atoms with Gasteiger partial charge in [-0.1, -0.05) is 29.8 Å². The van der Waals surface area contributed by atoms with Gasteiger partial charge in [0.2, 0.25) is 0 Å². The Morgan fingerprint density at radius 1 is 0.893 bits per heavy atom. The van der Waals surface area contributed by atoms with Crippen molar-refractivity contribution in [3.8, 4) is 0 Å². The lowest BCUT2D eigenvalue weighted by molar-refractivity contribution is 0.0474. The van der Waals surface area contributed by atoms with Crippen LogP contribution in [0.2, 0.25) is 5.15 Å². The number of ether oxygens (including phenoxy) is 1. The summed E-state index contributed by atoms with van der Waals surface area (Å²) in [6, 6.07) is 18.1. The fourth-order valence-corrected chi connectivity index (χ4v) is 2.56. The van der Waals surface area contributed by atoms with Crippen molar-refractivity contribution < 1.29 is 19.1 Å². The SMILES string of the molecule is O=C(COC(=O)c1cccnc1Cl)c1ccc(NC(=O)c2ccccc2)cc1. The molecule has 0 aliphatic heterocycles. The monoisotopic (exact) mass is 394 g/mol. The molecule has 1 heterocycles. The van der Waals surface area contributed by atoms with Crippen LogP contribution in [-0.4, -0.2) is 29.3 Å². The Bertz CT molecular complexity index is 1000. The summed E-state index contributed by atoms with van der Waals surface area (Å²) in [5.74, 6) is -1.35. The molecule has 6 nitrogen and oxygen atoms in total. The van der Waals surface area contributed by atoms with Gasteiger partial charge in [0.25, 0.3) is 5.91 Å². The Labute approximate surface area is 166 Å². The number of amides is 1. The fourth-order valence-electron chi connectivity index (χ4n) is 2.36.